The molecule has 0 radical (unpaired) electrons. The van der Waals surface area contributed by atoms with E-state index in [-0.39, 0.29) is 17.3 Å². The van der Waals surface area contributed by atoms with Gasteiger partial charge in [0.2, 0.25) is 0 Å². The fourth-order valence-electron chi connectivity index (χ4n) is 1.58. The molecule has 0 aromatic heterocycles. The van der Waals surface area contributed by atoms with E-state index in [1.807, 2.05) is 13.2 Å². The van der Waals surface area contributed by atoms with Crippen molar-refractivity contribution in [1.29, 1.82) is 0 Å². The zero-order valence-electron chi connectivity index (χ0n) is 10.4. The molecule has 0 heterocycles. The van der Waals surface area contributed by atoms with Gasteiger partial charge in [0.15, 0.2) is 0 Å². The molecule has 0 aliphatic heterocycles. The number of carbonyl (C=O) groups is 1. The van der Waals surface area contributed by atoms with Crippen LogP contribution in [0, 0.1) is 0 Å². The zero-order chi connectivity index (χ0) is 14.6. The lowest BCUT2D eigenvalue weighted by molar-refractivity contribution is -0.137. The van der Waals surface area contributed by atoms with Crippen molar-refractivity contribution in [3.05, 3.63) is 29.3 Å². The molecule has 0 fully saturated rings. The number of carboxylic acids is 1. The van der Waals surface area contributed by atoms with Gasteiger partial charge in [-0.1, -0.05) is 0 Å². The SMILES string of the molecule is CSCC(C)Nc1ccc(C(F)(F)F)cc1C(=O)O. The molecule has 0 spiro atoms. The number of hydrogen-bond acceptors (Lipinski definition) is 3. The molecule has 1 unspecified atom stereocenters. The standard InChI is InChI=1S/C12H14F3NO2S/c1-7(6-19-2)16-10-4-3-8(12(13,14)15)5-9(10)11(17)18/h3-5,7,16H,6H2,1-2H3,(H,17,18). The van der Waals surface area contributed by atoms with E-state index in [4.69, 9.17) is 5.11 Å². The van der Waals surface area contributed by atoms with Crippen molar-refractivity contribution in [2.45, 2.75) is 19.1 Å². The van der Waals surface area contributed by atoms with Crippen molar-refractivity contribution in [2.24, 2.45) is 0 Å². The number of halogens is 3. The molecule has 2 N–H and O–H groups in total. The Morgan fingerprint density at radius 2 is 2.11 bits per heavy atom. The Hall–Kier alpha value is -1.37. The molecule has 7 heteroatoms. The van der Waals surface area contributed by atoms with Crippen LogP contribution in [-0.4, -0.2) is 29.1 Å². The van der Waals surface area contributed by atoms with E-state index in [1.165, 1.54) is 0 Å². The normalized spacial score (nSPS) is 13.1. The Morgan fingerprint density at radius 3 is 2.58 bits per heavy atom. The maximum atomic E-state index is 12.5. The van der Waals surface area contributed by atoms with Crippen molar-refractivity contribution in [3.8, 4) is 0 Å². The van der Waals surface area contributed by atoms with Crippen molar-refractivity contribution in [3.63, 3.8) is 0 Å². The first-order valence-electron chi connectivity index (χ1n) is 5.45. The third-order valence-corrected chi connectivity index (χ3v) is 3.23. The van der Waals surface area contributed by atoms with Gasteiger partial charge < -0.3 is 10.4 Å². The molecule has 106 valence electrons. The lowest BCUT2D eigenvalue weighted by Crippen LogP contribution is -2.20. The second-order valence-electron chi connectivity index (χ2n) is 4.06. The molecule has 0 saturated heterocycles. The van der Waals surface area contributed by atoms with Gasteiger partial charge in [-0.25, -0.2) is 4.79 Å². The van der Waals surface area contributed by atoms with E-state index >= 15 is 0 Å². The van der Waals surface area contributed by atoms with Crippen molar-refractivity contribution in [2.75, 3.05) is 17.3 Å². The Bertz CT molecular complexity index is 463. The van der Waals surface area contributed by atoms with E-state index in [1.54, 1.807) is 11.8 Å². The van der Waals surface area contributed by atoms with Crippen LogP contribution < -0.4 is 5.32 Å². The van der Waals surface area contributed by atoms with Gasteiger partial charge in [0.1, 0.15) is 0 Å². The number of alkyl halides is 3. The number of rotatable bonds is 5. The summed E-state index contributed by atoms with van der Waals surface area (Å²) >= 11 is 1.56. The average molecular weight is 293 g/mol. The van der Waals surface area contributed by atoms with Crippen LogP contribution in [0.2, 0.25) is 0 Å². The summed E-state index contributed by atoms with van der Waals surface area (Å²) in [6.07, 6.45) is -2.66. The Labute approximate surface area is 113 Å². The smallest absolute Gasteiger partial charge is 0.416 e. The summed E-state index contributed by atoms with van der Waals surface area (Å²) in [5.74, 6) is -0.662. The van der Waals surface area contributed by atoms with Crippen molar-refractivity contribution < 1.29 is 23.1 Å². The summed E-state index contributed by atoms with van der Waals surface area (Å²) in [6.45, 7) is 1.83. The van der Waals surface area contributed by atoms with Gasteiger partial charge in [-0.3, -0.25) is 0 Å². The first-order chi connectivity index (χ1) is 8.75. The topological polar surface area (TPSA) is 49.3 Å². The van der Waals surface area contributed by atoms with Gasteiger partial charge in [0, 0.05) is 17.5 Å². The summed E-state index contributed by atoms with van der Waals surface area (Å²) in [5.41, 5.74) is -1.14. The largest absolute Gasteiger partial charge is 0.478 e. The average Bonchev–Trinajstić information content (AvgIpc) is 2.27. The summed E-state index contributed by atoms with van der Waals surface area (Å²) in [7, 11) is 0. The van der Waals surface area contributed by atoms with Crippen molar-refractivity contribution in [1.82, 2.24) is 0 Å². The zero-order valence-corrected chi connectivity index (χ0v) is 11.2. The second kappa shape index (κ2) is 6.18. The van der Waals surface area contributed by atoms with Gasteiger partial charge in [0.05, 0.1) is 11.1 Å². The third-order valence-electron chi connectivity index (χ3n) is 2.40. The van der Waals surface area contributed by atoms with Crippen LogP contribution >= 0.6 is 11.8 Å². The van der Waals surface area contributed by atoms with Crippen LogP contribution in [0.25, 0.3) is 0 Å². The monoisotopic (exact) mass is 293 g/mol. The molecule has 1 atom stereocenters. The summed E-state index contributed by atoms with van der Waals surface area (Å²) in [5, 5.41) is 11.9. The molecular weight excluding hydrogens is 279 g/mol. The number of aromatic carboxylic acids is 1. The summed E-state index contributed by atoms with van der Waals surface area (Å²) in [6, 6.07) is 2.64. The minimum Gasteiger partial charge on any atom is -0.478 e. The Kier molecular flexibility index (Phi) is 5.11. The van der Waals surface area contributed by atoms with Crippen LogP contribution in [0.4, 0.5) is 18.9 Å². The van der Waals surface area contributed by atoms with E-state index in [0.29, 0.717) is 6.07 Å². The van der Waals surface area contributed by atoms with Gasteiger partial charge in [-0.15, -0.1) is 0 Å². The highest BCUT2D eigenvalue weighted by Crippen LogP contribution is 2.32. The molecule has 0 saturated carbocycles. The van der Waals surface area contributed by atoms with E-state index < -0.39 is 17.7 Å². The molecule has 0 aliphatic rings. The summed E-state index contributed by atoms with van der Waals surface area (Å²) in [4.78, 5) is 11.0. The first-order valence-corrected chi connectivity index (χ1v) is 6.85. The molecule has 1 aromatic rings. The maximum absolute atomic E-state index is 12.5. The molecule has 1 aromatic carbocycles. The first kappa shape index (κ1) is 15.7. The quantitative estimate of drug-likeness (QED) is 0.871. The molecule has 19 heavy (non-hydrogen) atoms. The molecule has 0 aliphatic carbocycles. The highest BCUT2D eigenvalue weighted by atomic mass is 32.2. The minimum atomic E-state index is -4.55. The minimum absolute atomic E-state index is 0.0372. The number of thioether (sulfide) groups is 1. The van der Waals surface area contributed by atoms with E-state index in [0.717, 1.165) is 17.9 Å². The lowest BCUT2D eigenvalue weighted by Gasteiger charge is -2.17. The van der Waals surface area contributed by atoms with E-state index in [9.17, 15) is 18.0 Å². The maximum Gasteiger partial charge on any atom is 0.416 e. The predicted molar refractivity (Wildman–Crippen MR) is 69.9 cm³/mol. The molecule has 0 amide bonds. The Balaban J connectivity index is 3.09. The van der Waals surface area contributed by atoms with Gasteiger partial charge >= 0.3 is 12.1 Å². The molecular formula is C12H14F3NO2S. The number of carboxylic acid groups (broad SMARTS) is 1. The highest BCUT2D eigenvalue weighted by molar-refractivity contribution is 7.98. The van der Waals surface area contributed by atoms with Crippen LogP contribution in [-0.2, 0) is 6.18 Å². The lowest BCUT2D eigenvalue weighted by atomic mass is 10.1. The van der Waals surface area contributed by atoms with Crippen molar-refractivity contribution >= 4 is 23.4 Å². The van der Waals surface area contributed by atoms with Gasteiger partial charge in [0.25, 0.3) is 0 Å². The number of nitrogens with one attached hydrogen (secondary N) is 1. The van der Waals surface area contributed by atoms with Gasteiger partial charge in [-0.2, -0.15) is 24.9 Å². The second-order valence-corrected chi connectivity index (χ2v) is 4.97. The van der Waals surface area contributed by atoms with Crippen LogP contribution in [0.3, 0.4) is 0 Å². The third kappa shape index (κ3) is 4.34. The highest BCUT2D eigenvalue weighted by Gasteiger charge is 2.31. The van der Waals surface area contributed by atoms with Crippen LogP contribution in [0.1, 0.15) is 22.8 Å². The van der Waals surface area contributed by atoms with E-state index in [2.05, 4.69) is 5.32 Å². The molecule has 0 bridgehead atoms. The number of benzene rings is 1. The Morgan fingerprint density at radius 1 is 1.47 bits per heavy atom. The van der Waals surface area contributed by atoms with Gasteiger partial charge in [-0.05, 0) is 31.4 Å². The predicted octanol–water partition coefficient (Wildman–Crippen LogP) is 3.57. The fraction of sp³-hybridized carbons (Fsp3) is 0.417. The summed E-state index contributed by atoms with van der Waals surface area (Å²) < 4.78 is 37.6. The van der Waals surface area contributed by atoms with Crippen LogP contribution in [0.15, 0.2) is 18.2 Å². The number of anilines is 1. The molecule has 3 nitrogen and oxygen atoms in total. The van der Waals surface area contributed by atoms with Crippen LogP contribution in [0.5, 0.6) is 0 Å². The molecule has 1 rings (SSSR count). The number of hydrogen-bond donors (Lipinski definition) is 2. The fourth-order valence-corrected chi connectivity index (χ4v) is 2.16.